The van der Waals surface area contributed by atoms with E-state index in [4.69, 9.17) is 0 Å². The number of rotatable bonds is 5. The summed E-state index contributed by atoms with van der Waals surface area (Å²) >= 11 is 3.26. The van der Waals surface area contributed by atoms with Crippen molar-refractivity contribution in [3.8, 4) is 0 Å². The number of benzene rings is 1. The zero-order valence-electron chi connectivity index (χ0n) is 12.2. The largest absolute Gasteiger partial charge is 0.456 e. The Morgan fingerprint density at radius 3 is 2.52 bits per heavy atom. The van der Waals surface area contributed by atoms with Gasteiger partial charge in [-0.25, -0.2) is 0 Å². The van der Waals surface area contributed by atoms with Crippen molar-refractivity contribution in [2.75, 3.05) is 17.3 Å². The average molecular weight is 380 g/mol. The predicted molar refractivity (Wildman–Crippen MR) is 87.5 cm³/mol. The van der Waals surface area contributed by atoms with Crippen molar-refractivity contribution < 1.29 is 19.1 Å². The van der Waals surface area contributed by atoms with E-state index >= 15 is 0 Å². The molecule has 0 fully saturated rings. The summed E-state index contributed by atoms with van der Waals surface area (Å²) in [7, 11) is 0. The van der Waals surface area contributed by atoms with E-state index in [9.17, 15) is 14.4 Å². The molecule has 0 atom stereocenters. The van der Waals surface area contributed by atoms with Gasteiger partial charge in [-0.05, 0) is 34.1 Å². The van der Waals surface area contributed by atoms with E-state index in [1.54, 1.807) is 30.3 Å². The van der Waals surface area contributed by atoms with Crippen LogP contribution in [0.2, 0.25) is 0 Å². The Kier molecular flexibility index (Phi) is 5.53. The van der Waals surface area contributed by atoms with Crippen LogP contribution in [-0.4, -0.2) is 29.1 Å². The summed E-state index contributed by atoms with van der Waals surface area (Å²) in [6, 6.07) is 10.5. The van der Waals surface area contributed by atoms with Gasteiger partial charge in [0.2, 0.25) is 0 Å². The van der Waals surface area contributed by atoms with Crippen molar-refractivity contribution in [3.05, 3.63) is 52.8 Å². The summed E-state index contributed by atoms with van der Waals surface area (Å²) in [5, 5.41) is 2.72. The number of anilines is 1. The highest BCUT2D eigenvalue weighted by Crippen LogP contribution is 2.19. The molecule has 120 valence electrons. The van der Waals surface area contributed by atoms with Crippen molar-refractivity contribution >= 4 is 39.4 Å². The van der Waals surface area contributed by atoms with Gasteiger partial charge in [0.25, 0.3) is 11.8 Å². The third kappa shape index (κ3) is 4.68. The third-order valence-corrected chi connectivity index (χ3v) is 3.38. The highest BCUT2D eigenvalue weighted by Gasteiger charge is 2.17. The summed E-state index contributed by atoms with van der Waals surface area (Å²) < 4.78 is 6.37. The molecule has 2 rings (SSSR count). The molecular weight excluding hydrogens is 366 g/mol. The van der Waals surface area contributed by atoms with Crippen LogP contribution < -0.4 is 10.7 Å². The Morgan fingerprint density at radius 1 is 1.17 bits per heavy atom. The van der Waals surface area contributed by atoms with Crippen molar-refractivity contribution in [1.29, 1.82) is 0 Å². The van der Waals surface area contributed by atoms with Gasteiger partial charge in [-0.15, -0.1) is 0 Å². The number of para-hydroxylation sites is 1. The lowest BCUT2D eigenvalue weighted by molar-refractivity contribution is -0.145. The molecule has 0 saturated heterocycles. The Bertz CT molecular complexity index is 728. The molecule has 0 aliphatic heterocycles. The quantitative estimate of drug-likeness (QED) is 0.778. The highest BCUT2D eigenvalue weighted by molar-refractivity contribution is 9.10. The van der Waals surface area contributed by atoms with Gasteiger partial charge in [0.05, 0.1) is 4.47 Å². The lowest BCUT2D eigenvalue weighted by Crippen LogP contribution is -2.30. The van der Waals surface area contributed by atoms with Gasteiger partial charge >= 0.3 is 5.97 Å². The van der Waals surface area contributed by atoms with Gasteiger partial charge in [-0.1, -0.05) is 18.2 Å². The molecule has 23 heavy (non-hydrogen) atoms. The van der Waals surface area contributed by atoms with E-state index in [2.05, 4.69) is 31.4 Å². The smallest absolute Gasteiger partial charge is 0.303 e. The predicted octanol–water partition coefficient (Wildman–Crippen LogP) is 2.14. The van der Waals surface area contributed by atoms with Gasteiger partial charge in [0, 0.05) is 18.8 Å². The Labute approximate surface area is 140 Å². The number of hydrogen-bond acceptors (Lipinski definition) is 4. The van der Waals surface area contributed by atoms with Crippen LogP contribution in [0.3, 0.4) is 0 Å². The highest BCUT2D eigenvalue weighted by atomic mass is 79.9. The van der Waals surface area contributed by atoms with Gasteiger partial charge in [0.15, 0.2) is 6.61 Å². The first kappa shape index (κ1) is 16.8. The first-order valence-electron chi connectivity index (χ1n) is 6.64. The van der Waals surface area contributed by atoms with Crippen LogP contribution >= 0.6 is 15.9 Å². The first-order chi connectivity index (χ1) is 11.0. The topological polar surface area (TPSA) is 89.4 Å². The second kappa shape index (κ2) is 7.59. The van der Waals surface area contributed by atoms with E-state index < -0.39 is 24.4 Å². The molecule has 8 heteroatoms. The zero-order chi connectivity index (χ0) is 16.8. The molecule has 7 nitrogen and oxygen atoms in total. The van der Waals surface area contributed by atoms with Gasteiger partial charge < -0.3 is 10.1 Å². The summed E-state index contributed by atoms with van der Waals surface area (Å²) in [5.41, 5.74) is 3.30. The summed E-state index contributed by atoms with van der Waals surface area (Å²) in [4.78, 5) is 34.8. The Hall–Kier alpha value is -2.61. The van der Waals surface area contributed by atoms with E-state index in [1.807, 2.05) is 6.07 Å². The standard InChI is InChI=1S/C15H14BrN3O4/c1-10(20)23-9-13(21)18-19-8-7-12(16)14(19)15(22)17-11-5-3-2-4-6-11/h2-8H,9H2,1H3,(H,17,22)(H,18,21). The molecule has 0 unspecified atom stereocenters. The summed E-state index contributed by atoms with van der Waals surface area (Å²) in [6.07, 6.45) is 1.51. The number of carbonyl (C=O) groups is 3. The zero-order valence-corrected chi connectivity index (χ0v) is 13.8. The molecule has 0 radical (unpaired) electrons. The first-order valence-corrected chi connectivity index (χ1v) is 7.43. The van der Waals surface area contributed by atoms with Crippen LogP contribution in [0.25, 0.3) is 0 Å². The molecule has 0 aliphatic carbocycles. The maximum atomic E-state index is 12.4. The summed E-state index contributed by atoms with van der Waals surface area (Å²) in [5.74, 6) is -1.52. The summed E-state index contributed by atoms with van der Waals surface area (Å²) in [6.45, 7) is 0.781. The monoisotopic (exact) mass is 379 g/mol. The van der Waals surface area contributed by atoms with Gasteiger partial charge in [-0.2, -0.15) is 0 Å². The molecule has 0 spiro atoms. The normalized spacial score (nSPS) is 10.0. The minimum atomic E-state index is -0.559. The van der Waals surface area contributed by atoms with Crippen molar-refractivity contribution in [2.45, 2.75) is 6.92 Å². The fraction of sp³-hybridized carbons (Fsp3) is 0.133. The fourth-order valence-corrected chi connectivity index (χ4v) is 2.25. The van der Waals surface area contributed by atoms with Crippen molar-refractivity contribution in [1.82, 2.24) is 4.68 Å². The fourth-order valence-electron chi connectivity index (χ4n) is 1.77. The number of nitrogens with zero attached hydrogens (tertiary/aromatic N) is 1. The molecule has 1 aromatic carbocycles. The number of hydrogen-bond donors (Lipinski definition) is 2. The molecule has 1 heterocycles. The molecule has 1 aromatic heterocycles. The van der Waals surface area contributed by atoms with Gasteiger partial charge in [0.1, 0.15) is 5.69 Å². The van der Waals surface area contributed by atoms with Crippen LogP contribution in [0.15, 0.2) is 47.1 Å². The molecule has 0 aliphatic rings. The lowest BCUT2D eigenvalue weighted by atomic mass is 10.3. The molecular formula is C15H14BrN3O4. The second-order valence-electron chi connectivity index (χ2n) is 4.52. The Morgan fingerprint density at radius 2 is 1.87 bits per heavy atom. The molecule has 0 bridgehead atoms. The van der Waals surface area contributed by atoms with Crippen LogP contribution in [-0.2, 0) is 14.3 Å². The van der Waals surface area contributed by atoms with Crippen LogP contribution in [0.5, 0.6) is 0 Å². The second-order valence-corrected chi connectivity index (χ2v) is 5.37. The average Bonchev–Trinajstić information content (AvgIpc) is 2.87. The number of halogens is 1. The number of esters is 1. The molecule has 2 aromatic rings. The number of aromatic nitrogens is 1. The van der Waals surface area contributed by atoms with Crippen molar-refractivity contribution in [2.24, 2.45) is 0 Å². The number of ether oxygens (including phenoxy) is 1. The van der Waals surface area contributed by atoms with Crippen molar-refractivity contribution in [3.63, 3.8) is 0 Å². The van der Waals surface area contributed by atoms with Crippen LogP contribution in [0, 0.1) is 0 Å². The third-order valence-electron chi connectivity index (χ3n) is 2.74. The van der Waals surface area contributed by atoms with Crippen LogP contribution in [0.4, 0.5) is 5.69 Å². The minimum absolute atomic E-state index is 0.213. The van der Waals surface area contributed by atoms with E-state index in [0.29, 0.717) is 10.2 Å². The van der Waals surface area contributed by atoms with Gasteiger partial charge in [-0.3, -0.25) is 24.5 Å². The molecule has 2 N–H and O–H groups in total. The maximum Gasteiger partial charge on any atom is 0.303 e. The molecule has 2 amide bonds. The van der Waals surface area contributed by atoms with E-state index in [-0.39, 0.29) is 5.69 Å². The number of nitrogens with one attached hydrogen (secondary N) is 2. The lowest BCUT2D eigenvalue weighted by Gasteiger charge is -2.11. The minimum Gasteiger partial charge on any atom is -0.456 e. The molecule has 0 saturated carbocycles. The SMILES string of the molecule is CC(=O)OCC(=O)Nn1ccc(Br)c1C(=O)Nc1ccccc1. The Balaban J connectivity index is 2.10. The van der Waals surface area contributed by atoms with E-state index in [1.165, 1.54) is 17.8 Å². The number of carbonyl (C=O) groups excluding carboxylic acids is 3. The maximum absolute atomic E-state index is 12.4. The van der Waals surface area contributed by atoms with Crippen LogP contribution in [0.1, 0.15) is 17.4 Å². The number of amides is 2. The van der Waals surface area contributed by atoms with E-state index in [0.717, 1.165) is 0 Å².